The zero-order chi connectivity index (χ0) is 18.6. The molecule has 0 amide bonds. The number of rotatable bonds is 7. The molecule has 0 heterocycles. The van der Waals surface area contributed by atoms with Gasteiger partial charge in [0, 0.05) is 23.5 Å². The van der Waals surface area contributed by atoms with E-state index in [4.69, 9.17) is 4.74 Å². The highest BCUT2D eigenvalue weighted by Crippen LogP contribution is 2.48. The minimum atomic E-state index is -1.61. The zero-order valence-corrected chi connectivity index (χ0v) is 13.7. The number of carbonyl (C=O) groups excluding carboxylic acids is 2. The topological polar surface area (TPSA) is 130 Å². The van der Waals surface area contributed by atoms with Crippen molar-refractivity contribution in [1.82, 2.24) is 0 Å². The van der Waals surface area contributed by atoms with Crippen LogP contribution in [0, 0.1) is 25.6 Å². The first kappa shape index (κ1) is 18.5. The summed E-state index contributed by atoms with van der Waals surface area (Å²) < 4.78 is 5.05. The third kappa shape index (κ3) is 3.49. The maximum atomic E-state index is 12.6. The lowest BCUT2D eigenvalue weighted by atomic mass is 9.69. The van der Waals surface area contributed by atoms with E-state index in [1.165, 1.54) is 24.3 Å². The Kier molecular flexibility index (Phi) is 5.45. The Balaban J connectivity index is 2.53. The van der Waals surface area contributed by atoms with Gasteiger partial charge in [-0.05, 0) is 25.3 Å². The highest BCUT2D eigenvalue weighted by molar-refractivity contribution is 6.06. The average molecular weight is 350 g/mol. The largest absolute Gasteiger partial charge is 0.465 e. The summed E-state index contributed by atoms with van der Waals surface area (Å²) in [7, 11) is 0. The average Bonchev–Trinajstić information content (AvgIpc) is 2.95. The number of esters is 1. The molecule has 1 fully saturated rings. The second kappa shape index (κ2) is 7.37. The van der Waals surface area contributed by atoms with Gasteiger partial charge in [0.05, 0.1) is 17.4 Å². The standard InChI is InChI=1S/C16H18N2O7/c1-2-25-15(20)16(9-3-4-14(16)19)13(10-17(21)22)11-5-7-12(8-6-11)18(23)24/h5-8,13H,2-4,9-10H2,1H3/t13-,16-/m0/s1. The summed E-state index contributed by atoms with van der Waals surface area (Å²) in [6.45, 7) is 1.01. The third-order valence-corrected chi connectivity index (χ3v) is 4.54. The summed E-state index contributed by atoms with van der Waals surface area (Å²) in [5.74, 6) is -2.17. The van der Waals surface area contributed by atoms with Crippen LogP contribution in [0.5, 0.6) is 0 Å². The minimum Gasteiger partial charge on any atom is -0.465 e. The van der Waals surface area contributed by atoms with E-state index in [2.05, 4.69) is 0 Å². The number of ether oxygens (including phenoxy) is 1. The van der Waals surface area contributed by atoms with Crippen LogP contribution in [0.15, 0.2) is 24.3 Å². The Bertz CT molecular complexity index is 701. The van der Waals surface area contributed by atoms with Gasteiger partial charge in [0.15, 0.2) is 5.78 Å². The second-order valence-corrected chi connectivity index (χ2v) is 5.89. The number of hydrogen-bond acceptors (Lipinski definition) is 7. The molecule has 0 spiro atoms. The molecule has 0 bridgehead atoms. The summed E-state index contributed by atoms with van der Waals surface area (Å²) in [6.07, 6.45) is 0.763. The number of carbonyl (C=O) groups is 2. The van der Waals surface area contributed by atoms with E-state index in [9.17, 15) is 29.8 Å². The van der Waals surface area contributed by atoms with Crippen molar-refractivity contribution < 1.29 is 24.2 Å². The fourth-order valence-corrected chi connectivity index (χ4v) is 3.40. The van der Waals surface area contributed by atoms with Crippen LogP contribution in [-0.2, 0) is 14.3 Å². The van der Waals surface area contributed by atoms with Crippen LogP contribution in [0.3, 0.4) is 0 Å². The lowest BCUT2D eigenvalue weighted by molar-refractivity contribution is -0.485. The lowest BCUT2D eigenvalue weighted by Gasteiger charge is -2.31. The number of Topliss-reactive ketones (excluding diaryl/α,β-unsaturated/α-hetero) is 1. The molecule has 2 atom stereocenters. The van der Waals surface area contributed by atoms with Gasteiger partial charge in [-0.1, -0.05) is 12.1 Å². The van der Waals surface area contributed by atoms with Gasteiger partial charge < -0.3 is 4.74 Å². The van der Waals surface area contributed by atoms with E-state index in [0.29, 0.717) is 12.0 Å². The summed E-state index contributed by atoms with van der Waals surface area (Å²) in [5.41, 5.74) is -1.45. The number of benzene rings is 1. The molecule has 1 aromatic rings. The van der Waals surface area contributed by atoms with Gasteiger partial charge in [-0.3, -0.25) is 29.8 Å². The van der Waals surface area contributed by atoms with E-state index in [0.717, 1.165) is 0 Å². The normalized spacial score (nSPS) is 20.9. The Labute approximate surface area is 143 Å². The predicted octanol–water partition coefficient (Wildman–Crippen LogP) is 2.26. The number of hydrogen-bond donors (Lipinski definition) is 0. The van der Waals surface area contributed by atoms with Gasteiger partial charge in [-0.15, -0.1) is 0 Å². The van der Waals surface area contributed by atoms with Crippen LogP contribution in [-0.4, -0.2) is 34.8 Å². The Hall–Kier alpha value is -2.84. The highest BCUT2D eigenvalue weighted by Gasteiger charge is 2.57. The summed E-state index contributed by atoms with van der Waals surface area (Å²) >= 11 is 0. The summed E-state index contributed by atoms with van der Waals surface area (Å²) in [4.78, 5) is 45.9. The van der Waals surface area contributed by atoms with E-state index in [-0.39, 0.29) is 30.9 Å². The van der Waals surface area contributed by atoms with Crippen molar-refractivity contribution in [2.24, 2.45) is 5.41 Å². The molecule has 134 valence electrons. The van der Waals surface area contributed by atoms with E-state index in [1.54, 1.807) is 6.92 Å². The third-order valence-electron chi connectivity index (χ3n) is 4.54. The van der Waals surface area contributed by atoms with Gasteiger partial charge in [0.1, 0.15) is 5.41 Å². The van der Waals surface area contributed by atoms with Gasteiger partial charge in [0.25, 0.3) is 5.69 Å². The number of nitro benzene ring substituents is 1. The van der Waals surface area contributed by atoms with Crippen LogP contribution >= 0.6 is 0 Å². The van der Waals surface area contributed by atoms with Crippen molar-refractivity contribution in [3.05, 3.63) is 50.1 Å². The van der Waals surface area contributed by atoms with Gasteiger partial charge >= 0.3 is 5.97 Å². The second-order valence-electron chi connectivity index (χ2n) is 5.89. The van der Waals surface area contributed by atoms with E-state index >= 15 is 0 Å². The predicted molar refractivity (Wildman–Crippen MR) is 85.6 cm³/mol. The molecular formula is C16H18N2O7. The Morgan fingerprint density at radius 3 is 2.36 bits per heavy atom. The van der Waals surface area contributed by atoms with Crippen LogP contribution in [0.4, 0.5) is 5.69 Å². The molecule has 1 aliphatic carbocycles. The van der Waals surface area contributed by atoms with Crippen molar-refractivity contribution >= 4 is 17.4 Å². The van der Waals surface area contributed by atoms with Gasteiger partial charge in [-0.25, -0.2) is 0 Å². The smallest absolute Gasteiger partial charge is 0.320 e. The van der Waals surface area contributed by atoms with Crippen molar-refractivity contribution in [2.45, 2.75) is 32.1 Å². The molecule has 9 heteroatoms. The molecule has 0 aromatic heterocycles. The molecule has 0 N–H and O–H groups in total. The van der Waals surface area contributed by atoms with Crippen LogP contribution in [0.2, 0.25) is 0 Å². The number of ketones is 1. The highest BCUT2D eigenvalue weighted by atomic mass is 16.6. The molecule has 0 aliphatic heterocycles. The van der Waals surface area contributed by atoms with Crippen molar-refractivity contribution in [2.75, 3.05) is 13.2 Å². The van der Waals surface area contributed by atoms with Crippen molar-refractivity contribution in [3.63, 3.8) is 0 Å². The summed E-state index contributed by atoms with van der Waals surface area (Å²) in [5, 5.41) is 22.0. The minimum absolute atomic E-state index is 0.0549. The van der Waals surface area contributed by atoms with E-state index in [1.807, 2.05) is 0 Å². The van der Waals surface area contributed by atoms with Crippen LogP contribution < -0.4 is 0 Å². The lowest BCUT2D eigenvalue weighted by Crippen LogP contribution is -2.45. The number of nitro groups is 2. The van der Waals surface area contributed by atoms with E-state index < -0.39 is 33.7 Å². The quantitative estimate of drug-likeness (QED) is 0.319. The molecule has 1 aromatic carbocycles. The molecule has 25 heavy (non-hydrogen) atoms. The molecule has 0 saturated heterocycles. The molecule has 1 saturated carbocycles. The molecule has 1 aliphatic rings. The Morgan fingerprint density at radius 1 is 1.28 bits per heavy atom. The molecular weight excluding hydrogens is 332 g/mol. The number of nitrogens with zero attached hydrogens (tertiary/aromatic N) is 2. The SMILES string of the molecule is CCOC(=O)[C@]1([C@@H](C[N+](=O)[O-])c2ccc([N+](=O)[O-])cc2)CCCC1=O. The fraction of sp³-hybridized carbons (Fsp3) is 0.500. The first-order valence-corrected chi connectivity index (χ1v) is 7.89. The van der Waals surface area contributed by atoms with Crippen molar-refractivity contribution in [1.29, 1.82) is 0 Å². The first-order chi connectivity index (χ1) is 11.8. The maximum Gasteiger partial charge on any atom is 0.320 e. The maximum absolute atomic E-state index is 12.6. The van der Waals surface area contributed by atoms with Crippen LogP contribution in [0.25, 0.3) is 0 Å². The summed E-state index contributed by atoms with van der Waals surface area (Å²) in [6, 6.07) is 5.14. The molecule has 0 unspecified atom stereocenters. The molecule has 9 nitrogen and oxygen atoms in total. The monoisotopic (exact) mass is 350 g/mol. The zero-order valence-electron chi connectivity index (χ0n) is 13.7. The van der Waals surface area contributed by atoms with Gasteiger partial charge in [0.2, 0.25) is 6.54 Å². The fourth-order valence-electron chi connectivity index (χ4n) is 3.40. The Morgan fingerprint density at radius 2 is 1.92 bits per heavy atom. The number of non-ortho nitro benzene ring substituents is 1. The van der Waals surface area contributed by atoms with Gasteiger partial charge in [-0.2, -0.15) is 0 Å². The van der Waals surface area contributed by atoms with Crippen LogP contribution in [0.1, 0.15) is 37.7 Å². The molecule has 2 rings (SSSR count). The first-order valence-electron chi connectivity index (χ1n) is 7.89. The van der Waals surface area contributed by atoms with Crippen molar-refractivity contribution in [3.8, 4) is 0 Å². The molecule has 0 radical (unpaired) electrons.